The molecule has 2 amide bonds. The SMILES string of the molecule is CCNC(=O)N1CCN=C1N[N+](=O)[O-]. The maximum atomic E-state index is 11.3. The van der Waals surface area contributed by atoms with Crippen LogP contribution in [-0.2, 0) is 0 Å². The van der Waals surface area contributed by atoms with Crippen LogP contribution in [0.5, 0.6) is 0 Å². The highest BCUT2D eigenvalue weighted by Gasteiger charge is 2.25. The average molecular weight is 201 g/mol. The molecule has 0 radical (unpaired) electrons. The molecule has 1 aliphatic rings. The van der Waals surface area contributed by atoms with E-state index in [2.05, 4.69) is 10.3 Å². The van der Waals surface area contributed by atoms with Gasteiger partial charge in [0.25, 0.3) is 5.96 Å². The number of hydrazine groups is 1. The summed E-state index contributed by atoms with van der Waals surface area (Å²) in [5, 5.41) is 11.9. The zero-order valence-electron chi connectivity index (χ0n) is 7.69. The fourth-order valence-corrected chi connectivity index (χ4v) is 1.07. The van der Waals surface area contributed by atoms with E-state index in [1.807, 2.05) is 5.43 Å². The van der Waals surface area contributed by atoms with Gasteiger partial charge in [-0.15, -0.1) is 0 Å². The van der Waals surface area contributed by atoms with Gasteiger partial charge in [-0.3, -0.25) is 4.90 Å². The van der Waals surface area contributed by atoms with Gasteiger partial charge in [-0.1, -0.05) is 5.43 Å². The molecule has 0 aliphatic carbocycles. The molecule has 0 fully saturated rings. The van der Waals surface area contributed by atoms with Crippen LogP contribution in [0.2, 0.25) is 0 Å². The van der Waals surface area contributed by atoms with Gasteiger partial charge in [-0.2, -0.15) is 0 Å². The van der Waals surface area contributed by atoms with Gasteiger partial charge < -0.3 is 5.32 Å². The zero-order valence-corrected chi connectivity index (χ0v) is 7.69. The minimum atomic E-state index is -0.740. The molecule has 8 nitrogen and oxygen atoms in total. The summed E-state index contributed by atoms with van der Waals surface area (Å²) < 4.78 is 0. The second-order valence-electron chi connectivity index (χ2n) is 2.56. The Kier molecular flexibility index (Phi) is 3.21. The highest BCUT2D eigenvalue weighted by atomic mass is 16.7. The summed E-state index contributed by atoms with van der Waals surface area (Å²) in [6.45, 7) is 2.99. The fourth-order valence-electron chi connectivity index (χ4n) is 1.07. The monoisotopic (exact) mass is 201 g/mol. The molecular weight excluding hydrogens is 190 g/mol. The fraction of sp³-hybridized carbons (Fsp3) is 0.667. The second kappa shape index (κ2) is 4.40. The quantitative estimate of drug-likeness (QED) is 0.449. The minimum absolute atomic E-state index is 0.0130. The number of hydrogen-bond donors (Lipinski definition) is 2. The lowest BCUT2D eigenvalue weighted by molar-refractivity contribution is -0.526. The predicted molar refractivity (Wildman–Crippen MR) is 48.2 cm³/mol. The normalized spacial score (nSPS) is 14.9. The molecule has 0 aromatic carbocycles. The summed E-state index contributed by atoms with van der Waals surface area (Å²) >= 11 is 0. The van der Waals surface area contributed by atoms with Crippen molar-refractivity contribution in [2.24, 2.45) is 4.99 Å². The summed E-state index contributed by atoms with van der Waals surface area (Å²) in [5.41, 5.74) is 1.87. The van der Waals surface area contributed by atoms with Crippen molar-refractivity contribution in [3.8, 4) is 0 Å². The molecule has 8 heteroatoms. The van der Waals surface area contributed by atoms with Crippen molar-refractivity contribution in [2.75, 3.05) is 19.6 Å². The topological polar surface area (TPSA) is 99.9 Å². The molecule has 0 bridgehead atoms. The molecule has 0 saturated carbocycles. The van der Waals surface area contributed by atoms with Crippen LogP contribution in [-0.4, -0.2) is 41.6 Å². The summed E-state index contributed by atoms with van der Waals surface area (Å²) in [7, 11) is 0. The Labute approximate surface area is 80.1 Å². The van der Waals surface area contributed by atoms with Crippen molar-refractivity contribution in [3.63, 3.8) is 0 Å². The molecule has 1 rings (SSSR count). The van der Waals surface area contributed by atoms with E-state index < -0.39 is 5.03 Å². The largest absolute Gasteiger partial charge is 0.338 e. The molecule has 0 aromatic rings. The molecular formula is C6H11N5O3. The number of nitrogens with one attached hydrogen (secondary N) is 2. The molecule has 78 valence electrons. The molecule has 0 saturated heterocycles. The third-order valence-electron chi connectivity index (χ3n) is 1.61. The summed E-state index contributed by atoms with van der Waals surface area (Å²) in [6, 6.07) is -0.377. The number of carbonyl (C=O) groups is 1. The first-order valence-corrected chi connectivity index (χ1v) is 4.16. The van der Waals surface area contributed by atoms with Crippen molar-refractivity contribution in [2.45, 2.75) is 6.92 Å². The lowest BCUT2D eigenvalue weighted by Crippen LogP contribution is -2.48. The first-order valence-electron chi connectivity index (χ1n) is 4.16. The number of nitrogens with zero attached hydrogens (tertiary/aromatic N) is 3. The lowest BCUT2D eigenvalue weighted by Gasteiger charge is -2.15. The van der Waals surface area contributed by atoms with Gasteiger partial charge in [0.2, 0.25) is 0 Å². The Balaban J connectivity index is 2.57. The zero-order chi connectivity index (χ0) is 10.6. The van der Waals surface area contributed by atoms with Gasteiger partial charge >= 0.3 is 6.03 Å². The molecule has 0 aromatic heterocycles. The number of urea groups is 1. The van der Waals surface area contributed by atoms with Gasteiger partial charge in [0, 0.05) is 6.54 Å². The van der Waals surface area contributed by atoms with E-state index in [0.717, 1.165) is 0 Å². The maximum Gasteiger partial charge on any atom is 0.324 e. The van der Waals surface area contributed by atoms with E-state index in [1.165, 1.54) is 4.90 Å². The Bertz CT molecular complexity index is 277. The van der Waals surface area contributed by atoms with Gasteiger partial charge in [0.05, 0.1) is 13.1 Å². The van der Waals surface area contributed by atoms with Crippen LogP contribution in [0.3, 0.4) is 0 Å². The third-order valence-corrected chi connectivity index (χ3v) is 1.61. The van der Waals surface area contributed by atoms with Crippen LogP contribution < -0.4 is 10.7 Å². The number of aliphatic imine (C=N–C) groups is 1. The van der Waals surface area contributed by atoms with E-state index in [4.69, 9.17) is 0 Å². The Morgan fingerprint density at radius 1 is 1.79 bits per heavy atom. The first kappa shape index (κ1) is 10.2. The Hall–Kier alpha value is -1.86. The van der Waals surface area contributed by atoms with Gasteiger partial charge in [0.1, 0.15) is 0 Å². The predicted octanol–water partition coefficient (Wildman–Crippen LogP) is -0.831. The van der Waals surface area contributed by atoms with Gasteiger partial charge in [-0.05, 0) is 6.92 Å². The average Bonchev–Trinajstić information content (AvgIpc) is 2.51. The smallest absolute Gasteiger partial charge is 0.324 e. The van der Waals surface area contributed by atoms with E-state index in [9.17, 15) is 14.9 Å². The van der Waals surface area contributed by atoms with Crippen LogP contribution in [0.1, 0.15) is 6.92 Å². The van der Waals surface area contributed by atoms with E-state index in [1.54, 1.807) is 6.92 Å². The number of amides is 2. The van der Waals surface area contributed by atoms with Gasteiger partial charge in [0.15, 0.2) is 5.03 Å². The van der Waals surface area contributed by atoms with Crippen molar-refractivity contribution in [1.29, 1.82) is 0 Å². The molecule has 1 heterocycles. The molecule has 0 atom stereocenters. The van der Waals surface area contributed by atoms with Crippen LogP contribution in [0, 0.1) is 10.1 Å². The molecule has 14 heavy (non-hydrogen) atoms. The van der Waals surface area contributed by atoms with Crippen molar-refractivity contribution >= 4 is 12.0 Å². The lowest BCUT2D eigenvalue weighted by atomic mass is 10.6. The highest BCUT2D eigenvalue weighted by molar-refractivity contribution is 5.96. The number of nitro groups is 1. The summed E-state index contributed by atoms with van der Waals surface area (Å²) in [6.07, 6.45) is 0. The molecule has 1 aliphatic heterocycles. The van der Waals surface area contributed by atoms with E-state index in [0.29, 0.717) is 19.6 Å². The maximum absolute atomic E-state index is 11.3. The van der Waals surface area contributed by atoms with E-state index >= 15 is 0 Å². The highest BCUT2D eigenvalue weighted by Crippen LogP contribution is 1.99. The molecule has 0 spiro atoms. The van der Waals surface area contributed by atoms with Crippen LogP contribution in [0.25, 0.3) is 0 Å². The van der Waals surface area contributed by atoms with Crippen molar-refractivity contribution in [3.05, 3.63) is 10.1 Å². The Morgan fingerprint density at radius 3 is 3.07 bits per heavy atom. The first-order chi connectivity index (χ1) is 6.65. The van der Waals surface area contributed by atoms with Crippen LogP contribution >= 0.6 is 0 Å². The number of rotatable bonds is 2. The molecule has 0 unspecified atom stereocenters. The van der Waals surface area contributed by atoms with Crippen molar-refractivity contribution in [1.82, 2.24) is 15.6 Å². The number of guanidine groups is 1. The number of carbonyl (C=O) groups excluding carboxylic acids is 1. The second-order valence-corrected chi connectivity index (χ2v) is 2.56. The van der Waals surface area contributed by atoms with Gasteiger partial charge in [-0.25, -0.2) is 19.9 Å². The van der Waals surface area contributed by atoms with Crippen molar-refractivity contribution < 1.29 is 9.83 Å². The third kappa shape index (κ3) is 2.31. The molecule has 2 N–H and O–H groups in total. The Morgan fingerprint density at radius 2 is 2.50 bits per heavy atom. The van der Waals surface area contributed by atoms with E-state index in [-0.39, 0.29) is 12.0 Å². The van der Waals surface area contributed by atoms with Crippen LogP contribution in [0.4, 0.5) is 4.79 Å². The summed E-state index contributed by atoms with van der Waals surface area (Å²) in [5.74, 6) is -0.0130. The van der Waals surface area contributed by atoms with Crippen LogP contribution in [0.15, 0.2) is 4.99 Å². The summed E-state index contributed by atoms with van der Waals surface area (Å²) in [4.78, 5) is 26.4. The standard InChI is InChI=1S/C6H11N5O3/c1-2-7-6(12)10-4-3-8-5(10)9-11(13)14/h2-4H2,1H3,(H,7,12)(H,8,9). The minimum Gasteiger partial charge on any atom is -0.338 e. The number of hydrogen-bond acceptors (Lipinski definition) is 4.